The normalized spacial score (nSPS) is 11.7. The van der Waals surface area contributed by atoms with Crippen LogP contribution in [0, 0.1) is 10.1 Å². The molecular weight excluding hydrogens is 318 g/mol. The predicted molar refractivity (Wildman–Crippen MR) is 85.6 cm³/mol. The van der Waals surface area contributed by atoms with E-state index in [1.165, 1.54) is 24.3 Å². The summed E-state index contributed by atoms with van der Waals surface area (Å²) < 4.78 is 17.2. The number of nitro benzene ring substituents is 1. The summed E-state index contributed by atoms with van der Waals surface area (Å²) in [4.78, 5) is 22.7. The smallest absolute Gasteiger partial charge is 0.339 e. The highest BCUT2D eigenvalue weighted by Gasteiger charge is 2.16. The minimum Gasteiger partial charge on any atom is -0.457 e. The van der Waals surface area contributed by atoms with Crippen LogP contribution in [0.5, 0.6) is 0 Å². The number of benzene rings is 2. The van der Waals surface area contributed by atoms with E-state index in [0.29, 0.717) is 16.2 Å². The van der Waals surface area contributed by atoms with Gasteiger partial charge in [-0.25, -0.2) is 4.79 Å². The first-order valence-corrected chi connectivity index (χ1v) is 8.22. The van der Waals surface area contributed by atoms with Crippen LogP contribution in [0.15, 0.2) is 53.4 Å². The highest BCUT2D eigenvalue weighted by atomic mass is 32.2. The summed E-state index contributed by atoms with van der Waals surface area (Å²) in [6.45, 7) is 1.76. The Morgan fingerprint density at radius 1 is 1.17 bits per heavy atom. The van der Waals surface area contributed by atoms with Gasteiger partial charge in [-0.15, -0.1) is 0 Å². The zero-order chi connectivity index (χ0) is 16.8. The Labute approximate surface area is 135 Å². The average Bonchev–Trinajstić information content (AvgIpc) is 2.59. The van der Waals surface area contributed by atoms with Crippen molar-refractivity contribution in [3.05, 3.63) is 69.8 Å². The number of hydrogen-bond acceptors (Lipinski definition) is 5. The van der Waals surface area contributed by atoms with Gasteiger partial charge in [0.25, 0.3) is 5.69 Å². The van der Waals surface area contributed by atoms with Crippen molar-refractivity contribution >= 4 is 22.5 Å². The lowest BCUT2D eigenvalue weighted by atomic mass is 10.2. The molecule has 1 atom stereocenters. The fourth-order valence-electron chi connectivity index (χ4n) is 1.93. The molecule has 0 aliphatic heterocycles. The van der Waals surface area contributed by atoms with Crippen LogP contribution < -0.4 is 0 Å². The molecule has 0 spiro atoms. The molecule has 0 heterocycles. The highest BCUT2D eigenvalue weighted by molar-refractivity contribution is 7.85. The van der Waals surface area contributed by atoms with Crippen LogP contribution in [0.4, 0.5) is 5.69 Å². The number of carbonyl (C=O) groups is 1. The van der Waals surface area contributed by atoms with Crippen LogP contribution in [0.2, 0.25) is 0 Å². The van der Waals surface area contributed by atoms with Crippen molar-refractivity contribution in [3.63, 3.8) is 0 Å². The van der Waals surface area contributed by atoms with Crippen molar-refractivity contribution in [2.45, 2.75) is 18.4 Å². The summed E-state index contributed by atoms with van der Waals surface area (Å²) in [7, 11) is -1.25. The molecule has 6 nitrogen and oxygen atoms in total. The molecule has 0 saturated carbocycles. The van der Waals surface area contributed by atoms with E-state index in [2.05, 4.69) is 0 Å². The van der Waals surface area contributed by atoms with Gasteiger partial charge < -0.3 is 4.74 Å². The van der Waals surface area contributed by atoms with Gasteiger partial charge in [-0.1, -0.05) is 19.1 Å². The summed E-state index contributed by atoms with van der Waals surface area (Å²) in [5, 5.41) is 10.6. The molecule has 0 fully saturated rings. The van der Waals surface area contributed by atoms with Gasteiger partial charge in [-0.2, -0.15) is 0 Å². The van der Waals surface area contributed by atoms with Gasteiger partial charge in [0.05, 0.1) is 26.2 Å². The standard InChI is InChI=1S/C16H15NO5S/c1-2-23(21)15-6-4-3-5-14(15)16(18)22-11-12-7-9-13(10-8-12)17(19)20/h3-10H,2,11H2,1H3/t23-/m1/s1. The van der Waals surface area contributed by atoms with Crippen molar-refractivity contribution in [2.24, 2.45) is 0 Å². The number of carbonyl (C=O) groups excluding carboxylic acids is 1. The van der Waals surface area contributed by atoms with E-state index >= 15 is 0 Å². The van der Waals surface area contributed by atoms with E-state index in [4.69, 9.17) is 4.74 Å². The van der Waals surface area contributed by atoms with E-state index < -0.39 is 21.7 Å². The molecule has 0 bridgehead atoms. The second kappa shape index (κ2) is 7.64. The van der Waals surface area contributed by atoms with Crippen LogP contribution in [0.25, 0.3) is 0 Å². The summed E-state index contributed by atoms with van der Waals surface area (Å²) in [5.74, 6) is -0.159. The van der Waals surface area contributed by atoms with Crippen LogP contribution in [-0.2, 0) is 22.1 Å². The Morgan fingerprint density at radius 2 is 1.83 bits per heavy atom. The molecular formula is C16H15NO5S. The lowest BCUT2D eigenvalue weighted by Gasteiger charge is -2.08. The molecule has 23 heavy (non-hydrogen) atoms. The lowest BCUT2D eigenvalue weighted by Crippen LogP contribution is -2.10. The van der Waals surface area contributed by atoms with Crippen LogP contribution in [0.1, 0.15) is 22.8 Å². The summed E-state index contributed by atoms with van der Waals surface area (Å²) in [6, 6.07) is 12.4. The third-order valence-corrected chi connectivity index (χ3v) is 4.50. The topological polar surface area (TPSA) is 86.5 Å². The van der Waals surface area contributed by atoms with Crippen LogP contribution >= 0.6 is 0 Å². The van der Waals surface area contributed by atoms with E-state index in [1.807, 2.05) is 0 Å². The summed E-state index contributed by atoms with van der Waals surface area (Å²) >= 11 is 0. The van der Waals surface area contributed by atoms with Gasteiger partial charge in [0.2, 0.25) is 0 Å². The average molecular weight is 333 g/mol. The quantitative estimate of drug-likeness (QED) is 0.460. The molecule has 0 aliphatic carbocycles. The first-order valence-electron chi connectivity index (χ1n) is 6.90. The molecule has 0 unspecified atom stereocenters. The van der Waals surface area contributed by atoms with Crippen LogP contribution in [0.3, 0.4) is 0 Å². The van der Waals surface area contributed by atoms with Crippen molar-refractivity contribution in [1.29, 1.82) is 0 Å². The SMILES string of the molecule is CC[S@@](=O)c1ccccc1C(=O)OCc1ccc([N+](=O)[O-])cc1. The van der Waals surface area contributed by atoms with E-state index in [0.717, 1.165) is 0 Å². The number of non-ortho nitro benzene ring substituents is 1. The van der Waals surface area contributed by atoms with Crippen molar-refractivity contribution < 1.29 is 18.7 Å². The zero-order valence-electron chi connectivity index (χ0n) is 12.4. The zero-order valence-corrected chi connectivity index (χ0v) is 13.2. The third-order valence-electron chi connectivity index (χ3n) is 3.13. The molecule has 2 aromatic rings. The van der Waals surface area contributed by atoms with Crippen molar-refractivity contribution in [2.75, 3.05) is 5.75 Å². The molecule has 0 radical (unpaired) electrons. The predicted octanol–water partition coefficient (Wildman–Crippen LogP) is 3.08. The third kappa shape index (κ3) is 4.23. The van der Waals surface area contributed by atoms with Gasteiger partial charge in [-0.05, 0) is 29.8 Å². The largest absolute Gasteiger partial charge is 0.457 e. The van der Waals surface area contributed by atoms with Crippen molar-refractivity contribution in [1.82, 2.24) is 0 Å². The van der Waals surface area contributed by atoms with Gasteiger partial charge in [-0.3, -0.25) is 14.3 Å². The molecule has 120 valence electrons. The minimum absolute atomic E-state index is 0.01000. The molecule has 0 saturated heterocycles. The highest BCUT2D eigenvalue weighted by Crippen LogP contribution is 2.17. The molecule has 0 N–H and O–H groups in total. The Hall–Kier alpha value is -2.54. The number of nitro groups is 1. The Balaban J connectivity index is 2.08. The van der Waals surface area contributed by atoms with Gasteiger partial charge in [0.1, 0.15) is 6.61 Å². The van der Waals surface area contributed by atoms with Crippen molar-refractivity contribution in [3.8, 4) is 0 Å². The molecule has 0 aromatic heterocycles. The molecule has 0 amide bonds. The summed E-state index contributed by atoms with van der Waals surface area (Å²) in [6.07, 6.45) is 0. The van der Waals surface area contributed by atoms with E-state index in [1.54, 1.807) is 31.2 Å². The molecule has 7 heteroatoms. The maximum Gasteiger partial charge on any atom is 0.339 e. The fraction of sp³-hybridized carbons (Fsp3) is 0.188. The van der Waals surface area contributed by atoms with E-state index in [9.17, 15) is 19.1 Å². The first kappa shape index (κ1) is 16.8. The fourth-order valence-corrected chi connectivity index (χ4v) is 2.87. The monoisotopic (exact) mass is 333 g/mol. The molecule has 2 rings (SSSR count). The number of ether oxygens (including phenoxy) is 1. The Morgan fingerprint density at radius 3 is 2.43 bits per heavy atom. The maximum absolute atomic E-state index is 12.2. The van der Waals surface area contributed by atoms with Gasteiger partial charge in [0.15, 0.2) is 0 Å². The second-order valence-corrected chi connectivity index (χ2v) is 6.34. The first-order chi connectivity index (χ1) is 11.0. The number of hydrogen-bond donors (Lipinski definition) is 0. The lowest BCUT2D eigenvalue weighted by molar-refractivity contribution is -0.384. The number of esters is 1. The minimum atomic E-state index is -1.25. The van der Waals surface area contributed by atoms with E-state index in [-0.39, 0.29) is 17.9 Å². The maximum atomic E-state index is 12.2. The Bertz CT molecular complexity index is 742. The van der Waals surface area contributed by atoms with Crippen LogP contribution in [-0.4, -0.2) is 20.9 Å². The summed E-state index contributed by atoms with van der Waals surface area (Å²) in [5.41, 5.74) is 0.886. The molecule has 2 aromatic carbocycles. The Kier molecular flexibility index (Phi) is 5.59. The second-order valence-electron chi connectivity index (χ2n) is 4.63. The van der Waals surface area contributed by atoms with Gasteiger partial charge >= 0.3 is 5.97 Å². The number of rotatable bonds is 6. The molecule has 0 aliphatic rings. The number of nitrogens with zero attached hydrogens (tertiary/aromatic N) is 1. The van der Waals surface area contributed by atoms with Gasteiger partial charge in [0, 0.05) is 17.9 Å².